The van der Waals surface area contributed by atoms with E-state index in [-0.39, 0.29) is 5.41 Å². The summed E-state index contributed by atoms with van der Waals surface area (Å²) in [6.07, 6.45) is 0.744. The van der Waals surface area contributed by atoms with E-state index >= 15 is 0 Å². The number of amidine groups is 1. The van der Waals surface area contributed by atoms with Crippen LogP contribution >= 0.6 is 0 Å². The summed E-state index contributed by atoms with van der Waals surface area (Å²) in [6, 6.07) is 0. The van der Waals surface area contributed by atoms with E-state index < -0.39 is 0 Å². The van der Waals surface area contributed by atoms with Gasteiger partial charge in [0.2, 0.25) is 5.84 Å². The van der Waals surface area contributed by atoms with E-state index in [9.17, 15) is 5.21 Å². The Bertz CT molecular complexity index is 182. The second kappa shape index (κ2) is 2.40. The summed E-state index contributed by atoms with van der Waals surface area (Å²) < 4.78 is 0.917. The minimum absolute atomic E-state index is 0.0891. The first-order chi connectivity index (χ1) is 4.96. The van der Waals surface area contributed by atoms with Gasteiger partial charge >= 0.3 is 0 Å². The number of hydroxylamine groups is 1. The lowest BCUT2D eigenvalue weighted by Crippen LogP contribution is -2.26. The molecule has 1 aliphatic heterocycles. The average molecular weight is 156 g/mol. The summed E-state index contributed by atoms with van der Waals surface area (Å²) >= 11 is 0. The van der Waals surface area contributed by atoms with Crippen molar-refractivity contribution in [3.05, 3.63) is 5.21 Å². The minimum atomic E-state index is 0.0891. The Balaban J connectivity index is 2.72. The molecule has 0 fully saturated rings. The van der Waals surface area contributed by atoms with Crippen LogP contribution in [0.2, 0.25) is 0 Å². The van der Waals surface area contributed by atoms with Gasteiger partial charge in [-0.1, -0.05) is 20.8 Å². The standard InChI is InChI=1S/C8H16N2O/c1-6(2)8(3)4-7(9)10(11)5-8/h6H,4-5,9H2,1-3H3. The van der Waals surface area contributed by atoms with Crippen molar-refractivity contribution in [3.63, 3.8) is 0 Å². The number of nitrogens with two attached hydrogens (primary N) is 1. The maximum atomic E-state index is 11.0. The van der Waals surface area contributed by atoms with Gasteiger partial charge in [0.1, 0.15) is 0 Å². The van der Waals surface area contributed by atoms with Gasteiger partial charge in [-0.3, -0.25) is 10.5 Å². The highest BCUT2D eigenvalue weighted by Gasteiger charge is 2.38. The predicted molar refractivity (Wildman–Crippen MR) is 45.3 cm³/mol. The van der Waals surface area contributed by atoms with Crippen LogP contribution in [0.25, 0.3) is 0 Å². The van der Waals surface area contributed by atoms with Gasteiger partial charge in [-0.25, -0.2) is 0 Å². The van der Waals surface area contributed by atoms with Crippen LogP contribution in [-0.4, -0.2) is 17.1 Å². The van der Waals surface area contributed by atoms with Crippen molar-refractivity contribution in [1.82, 2.24) is 0 Å². The summed E-state index contributed by atoms with van der Waals surface area (Å²) in [6.45, 7) is 6.93. The van der Waals surface area contributed by atoms with Crippen LogP contribution in [0.5, 0.6) is 0 Å². The van der Waals surface area contributed by atoms with Crippen molar-refractivity contribution in [2.24, 2.45) is 17.1 Å². The zero-order valence-corrected chi connectivity index (χ0v) is 7.42. The SMILES string of the molecule is CC(C)C1(C)CC(N)=[N+]([O-])C1. The van der Waals surface area contributed by atoms with E-state index in [0.717, 1.165) is 11.2 Å². The molecule has 1 rings (SSSR count). The molecule has 0 saturated heterocycles. The van der Waals surface area contributed by atoms with E-state index in [4.69, 9.17) is 5.73 Å². The third-order valence-electron chi connectivity index (χ3n) is 2.80. The van der Waals surface area contributed by atoms with Gasteiger partial charge in [-0.05, 0) is 5.92 Å². The van der Waals surface area contributed by atoms with Gasteiger partial charge in [0.25, 0.3) is 0 Å². The highest BCUT2D eigenvalue weighted by atomic mass is 16.5. The number of nitrogens with zero attached hydrogens (tertiary/aromatic N) is 1. The van der Waals surface area contributed by atoms with Gasteiger partial charge < -0.3 is 5.21 Å². The van der Waals surface area contributed by atoms with Crippen molar-refractivity contribution in [1.29, 1.82) is 0 Å². The van der Waals surface area contributed by atoms with E-state index in [0.29, 0.717) is 18.3 Å². The van der Waals surface area contributed by atoms with Gasteiger partial charge in [-0.15, -0.1) is 0 Å². The quantitative estimate of drug-likeness (QED) is 0.453. The summed E-state index contributed by atoms with van der Waals surface area (Å²) in [5.74, 6) is 1.00. The van der Waals surface area contributed by atoms with Gasteiger partial charge in [0.15, 0.2) is 0 Å². The number of hydrogen-bond donors (Lipinski definition) is 1. The van der Waals surface area contributed by atoms with Crippen molar-refractivity contribution in [2.45, 2.75) is 27.2 Å². The molecular weight excluding hydrogens is 140 g/mol. The Morgan fingerprint density at radius 3 is 2.36 bits per heavy atom. The summed E-state index contributed by atoms with van der Waals surface area (Å²) in [5.41, 5.74) is 5.61. The molecule has 0 aromatic carbocycles. The van der Waals surface area contributed by atoms with Gasteiger partial charge in [0.05, 0.1) is 13.0 Å². The third kappa shape index (κ3) is 1.32. The maximum Gasteiger partial charge on any atom is 0.246 e. The molecule has 0 spiro atoms. The molecule has 0 amide bonds. The first-order valence-corrected chi connectivity index (χ1v) is 4.02. The molecule has 0 aromatic rings. The highest BCUT2D eigenvalue weighted by Crippen LogP contribution is 2.34. The highest BCUT2D eigenvalue weighted by molar-refractivity contribution is 5.77. The molecule has 0 saturated carbocycles. The Hall–Kier alpha value is -0.730. The van der Waals surface area contributed by atoms with Crippen LogP contribution in [0.15, 0.2) is 0 Å². The van der Waals surface area contributed by atoms with Crippen molar-refractivity contribution in [3.8, 4) is 0 Å². The van der Waals surface area contributed by atoms with Crippen LogP contribution in [0.3, 0.4) is 0 Å². The van der Waals surface area contributed by atoms with Crippen molar-refractivity contribution >= 4 is 5.84 Å². The second-order valence-corrected chi connectivity index (χ2v) is 4.01. The Labute approximate surface area is 67.5 Å². The Morgan fingerprint density at radius 1 is 1.64 bits per heavy atom. The lowest BCUT2D eigenvalue weighted by Gasteiger charge is -2.26. The monoisotopic (exact) mass is 156 g/mol. The molecule has 11 heavy (non-hydrogen) atoms. The fraction of sp³-hybridized carbons (Fsp3) is 0.875. The number of rotatable bonds is 1. The fourth-order valence-electron chi connectivity index (χ4n) is 1.37. The molecule has 1 heterocycles. The lowest BCUT2D eigenvalue weighted by molar-refractivity contribution is -0.463. The zero-order valence-electron chi connectivity index (χ0n) is 7.42. The van der Waals surface area contributed by atoms with Crippen LogP contribution in [0.1, 0.15) is 27.2 Å². The minimum Gasteiger partial charge on any atom is -0.715 e. The van der Waals surface area contributed by atoms with E-state index in [2.05, 4.69) is 20.8 Å². The van der Waals surface area contributed by atoms with Gasteiger partial charge in [-0.2, -0.15) is 0 Å². The predicted octanol–water partition coefficient (Wildman–Crippen LogP) is 0.920. The smallest absolute Gasteiger partial charge is 0.246 e. The Morgan fingerprint density at radius 2 is 2.18 bits per heavy atom. The molecule has 3 nitrogen and oxygen atoms in total. The summed E-state index contributed by atoms with van der Waals surface area (Å²) in [7, 11) is 0. The second-order valence-electron chi connectivity index (χ2n) is 4.01. The summed E-state index contributed by atoms with van der Waals surface area (Å²) in [4.78, 5) is 0. The van der Waals surface area contributed by atoms with Crippen LogP contribution in [0.4, 0.5) is 0 Å². The third-order valence-corrected chi connectivity index (χ3v) is 2.80. The molecule has 0 radical (unpaired) electrons. The fourth-order valence-corrected chi connectivity index (χ4v) is 1.37. The van der Waals surface area contributed by atoms with Crippen LogP contribution in [-0.2, 0) is 0 Å². The van der Waals surface area contributed by atoms with Crippen molar-refractivity contribution < 1.29 is 4.74 Å². The molecule has 0 bridgehead atoms. The topological polar surface area (TPSA) is 52.1 Å². The molecule has 64 valence electrons. The zero-order chi connectivity index (χ0) is 8.65. The van der Waals surface area contributed by atoms with E-state index in [1.807, 2.05) is 0 Å². The first kappa shape index (κ1) is 8.37. The van der Waals surface area contributed by atoms with E-state index in [1.165, 1.54) is 0 Å². The molecule has 1 aliphatic rings. The van der Waals surface area contributed by atoms with E-state index in [1.54, 1.807) is 0 Å². The molecular formula is C8H16N2O. The van der Waals surface area contributed by atoms with Crippen molar-refractivity contribution in [2.75, 3.05) is 6.54 Å². The van der Waals surface area contributed by atoms with Crippen LogP contribution in [0, 0.1) is 16.5 Å². The average Bonchev–Trinajstić information content (AvgIpc) is 2.09. The van der Waals surface area contributed by atoms with Crippen LogP contribution < -0.4 is 5.73 Å². The maximum absolute atomic E-state index is 11.0. The molecule has 0 aromatic heterocycles. The molecule has 2 N–H and O–H groups in total. The first-order valence-electron chi connectivity index (χ1n) is 4.02. The lowest BCUT2D eigenvalue weighted by atomic mass is 9.78. The molecule has 3 heteroatoms. The normalized spacial score (nSPS) is 32.0. The molecule has 0 aliphatic carbocycles. The Kier molecular flexibility index (Phi) is 1.82. The number of hydrogen-bond acceptors (Lipinski definition) is 2. The summed E-state index contributed by atoms with van der Waals surface area (Å²) in [5, 5.41) is 11.0. The van der Waals surface area contributed by atoms with Gasteiger partial charge in [0, 0.05) is 5.41 Å². The molecule has 1 unspecified atom stereocenters. The molecule has 1 atom stereocenters. The largest absolute Gasteiger partial charge is 0.715 e.